The van der Waals surface area contributed by atoms with Gasteiger partial charge in [0.1, 0.15) is 12.2 Å². The van der Waals surface area contributed by atoms with E-state index in [9.17, 15) is 9.59 Å². The van der Waals surface area contributed by atoms with Crippen molar-refractivity contribution >= 4 is 18.1 Å². The van der Waals surface area contributed by atoms with Crippen LogP contribution in [-0.4, -0.2) is 77.5 Å². The molecule has 1 aromatic rings. The maximum atomic E-state index is 13.2. The standard InChI is InChI=1S/C26H38N2O5/c1-19(16-20-8-6-5-7-9-20)22-17-23(22)28(25(31)33-26(2,3)4)21-10-12-27(13-11-21)14-15-32-18-24(29)30/h5-9,16,21-23H,10-15,17-18H2,1-4H3,(H,29,30). The first-order valence-corrected chi connectivity index (χ1v) is 11.9. The molecule has 0 bridgehead atoms. The molecule has 0 radical (unpaired) electrons. The van der Waals surface area contributed by atoms with E-state index in [1.807, 2.05) is 43.9 Å². The quantitative estimate of drug-likeness (QED) is 0.557. The molecular weight excluding hydrogens is 420 g/mol. The van der Waals surface area contributed by atoms with Crippen LogP contribution in [0.1, 0.15) is 52.5 Å². The molecular formula is C26H38N2O5. The Kier molecular flexibility index (Phi) is 8.54. The van der Waals surface area contributed by atoms with Crippen LogP contribution >= 0.6 is 0 Å². The number of benzene rings is 1. The first-order valence-electron chi connectivity index (χ1n) is 11.9. The van der Waals surface area contributed by atoms with Gasteiger partial charge in [0.2, 0.25) is 0 Å². The number of likely N-dealkylation sites (tertiary alicyclic amines) is 1. The Balaban J connectivity index is 1.61. The van der Waals surface area contributed by atoms with E-state index in [0.29, 0.717) is 19.1 Å². The maximum absolute atomic E-state index is 13.2. The summed E-state index contributed by atoms with van der Waals surface area (Å²) < 4.78 is 11.0. The molecule has 0 aromatic heterocycles. The van der Waals surface area contributed by atoms with Crippen molar-refractivity contribution in [2.75, 3.05) is 32.8 Å². The van der Waals surface area contributed by atoms with Crippen molar-refractivity contribution in [1.82, 2.24) is 9.80 Å². The molecule has 1 aliphatic heterocycles. The van der Waals surface area contributed by atoms with E-state index in [2.05, 4.69) is 30.0 Å². The third kappa shape index (κ3) is 7.86. The maximum Gasteiger partial charge on any atom is 0.410 e. The van der Waals surface area contributed by atoms with Gasteiger partial charge in [0.25, 0.3) is 0 Å². The second kappa shape index (κ2) is 11.2. The molecule has 3 rings (SSSR count). The number of ether oxygens (including phenoxy) is 2. The van der Waals surface area contributed by atoms with Crippen LogP contribution in [0.3, 0.4) is 0 Å². The second-order valence-electron chi connectivity index (χ2n) is 10.1. The summed E-state index contributed by atoms with van der Waals surface area (Å²) in [6.45, 7) is 10.5. The Morgan fingerprint density at radius 3 is 2.45 bits per heavy atom. The molecule has 2 fully saturated rings. The van der Waals surface area contributed by atoms with Crippen molar-refractivity contribution in [2.45, 2.75) is 64.6 Å². The van der Waals surface area contributed by atoms with Crippen LogP contribution in [0.2, 0.25) is 0 Å². The van der Waals surface area contributed by atoms with Gasteiger partial charge in [-0.2, -0.15) is 0 Å². The minimum Gasteiger partial charge on any atom is -0.480 e. The van der Waals surface area contributed by atoms with Gasteiger partial charge >= 0.3 is 12.1 Å². The number of carbonyl (C=O) groups is 2. The smallest absolute Gasteiger partial charge is 0.410 e. The topological polar surface area (TPSA) is 79.3 Å². The number of piperidine rings is 1. The molecule has 7 heteroatoms. The van der Waals surface area contributed by atoms with E-state index in [0.717, 1.165) is 32.4 Å². The Labute approximate surface area is 197 Å². The van der Waals surface area contributed by atoms with Gasteiger partial charge in [0.15, 0.2) is 0 Å². The lowest BCUT2D eigenvalue weighted by Crippen LogP contribution is -2.50. The van der Waals surface area contributed by atoms with Gasteiger partial charge in [-0.05, 0) is 52.5 Å². The number of carboxylic acid groups (broad SMARTS) is 1. The summed E-state index contributed by atoms with van der Waals surface area (Å²) in [5.74, 6) is -0.586. The zero-order chi connectivity index (χ0) is 24.0. The van der Waals surface area contributed by atoms with E-state index in [1.165, 1.54) is 11.1 Å². The third-order valence-corrected chi connectivity index (χ3v) is 6.23. The SMILES string of the molecule is CC(=Cc1ccccc1)C1CC1N(C(=O)OC(C)(C)C)C1CCN(CCOCC(=O)O)CC1. The zero-order valence-corrected chi connectivity index (χ0v) is 20.3. The second-order valence-corrected chi connectivity index (χ2v) is 10.1. The van der Waals surface area contributed by atoms with Gasteiger partial charge in [0, 0.05) is 37.6 Å². The molecule has 2 unspecified atom stereocenters. The zero-order valence-electron chi connectivity index (χ0n) is 20.3. The van der Waals surface area contributed by atoms with Gasteiger partial charge < -0.3 is 24.4 Å². The number of carboxylic acids is 1. The summed E-state index contributed by atoms with van der Waals surface area (Å²) in [6, 6.07) is 10.6. The van der Waals surface area contributed by atoms with Gasteiger partial charge in [-0.3, -0.25) is 0 Å². The van der Waals surface area contributed by atoms with Crippen LogP contribution in [0.15, 0.2) is 35.9 Å². The van der Waals surface area contributed by atoms with E-state index in [1.54, 1.807) is 0 Å². The van der Waals surface area contributed by atoms with Crippen LogP contribution in [0, 0.1) is 5.92 Å². The average Bonchev–Trinajstić information content (AvgIpc) is 3.52. The first kappa shape index (κ1) is 25.2. The molecule has 33 heavy (non-hydrogen) atoms. The summed E-state index contributed by atoms with van der Waals surface area (Å²) in [4.78, 5) is 28.1. The van der Waals surface area contributed by atoms with E-state index >= 15 is 0 Å². The van der Waals surface area contributed by atoms with Gasteiger partial charge in [-0.25, -0.2) is 9.59 Å². The molecule has 1 amide bonds. The van der Waals surface area contributed by atoms with Crippen molar-refractivity contribution in [3.63, 3.8) is 0 Å². The molecule has 1 aliphatic carbocycles. The third-order valence-electron chi connectivity index (χ3n) is 6.23. The number of aliphatic carboxylic acids is 1. The molecule has 1 saturated carbocycles. The summed E-state index contributed by atoms with van der Waals surface area (Å²) >= 11 is 0. The van der Waals surface area contributed by atoms with E-state index in [-0.39, 0.29) is 24.8 Å². The van der Waals surface area contributed by atoms with Gasteiger partial charge in [0.05, 0.1) is 6.61 Å². The van der Waals surface area contributed by atoms with Crippen molar-refractivity contribution in [3.8, 4) is 0 Å². The molecule has 1 heterocycles. The number of nitrogens with zero attached hydrogens (tertiary/aromatic N) is 2. The van der Waals surface area contributed by atoms with Gasteiger partial charge in [-0.1, -0.05) is 42.0 Å². The first-order chi connectivity index (χ1) is 15.6. The highest BCUT2D eigenvalue weighted by molar-refractivity contribution is 5.70. The van der Waals surface area contributed by atoms with Crippen molar-refractivity contribution < 1.29 is 24.2 Å². The molecule has 2 atom stereocenters. The van der Waals surface area contributed by atoms with E-state index in [4.69, 9.17) is 14.6 Å². The lowest BCUT2D eigenvalue weighted by Gasteiger charge is -2.39. The number of amides is 1. The number of hydrogen-bond donors (Lipinski definition) is 1. The molecule has 0 spiro atoms. The van der Waals surface area contributed by atoms with Crippen molar-refractivity contribution in [3.05, 3.63) is 41.5 Å². The fourth-order valence-corrected chi connectivity index (χ4v) is 4.54. The van der Waals surface area contributed by atoms with Crippen molar-refractivity contribution in [2.24, 2.45) is 5.92 Å². The average molecular weight is 459 g/mol. The van der Waals surface area contributed by atoms with Crippen LogP contribution in [0.25, 0.3) is 6.08 Å². The summed E-state index contributed by atoms with van der Waals surface area (Å²) in [6.07, 6.45) is 4.73. The summed E-state index contributed by atoms with van der Waals surface area (Å²) in [5, 5.41) is 8.69. The van der Waals surface area contributed by atoms with Gasteiger partial charge in [-0.15, -0.1) is 0 Å². The predicted molar refractivity (Wildman–Crippen MR) is 128 cm³/mol. The Bertz CT molecular complexity index is 825. The minimum absolute atomic E-state index is 0.149. The number of rotatable bonds is 9. The minimum atomic E-state index is -0.947. The molecule has 7 nitrogen and oxygen atoms in total. The van der Waals surface area contributed by atoms with Crippen LogP contribution in [0.4, 0.5) is 4.79 Å². The molecule has 2 aliphatic rings. The summed E-state index contributed by atoms with van der Waals surface area (Å²) in [7, 11) is 0. The number of hydrogen-bond acceptors (Lipinski definition) is 5. The lowest BCUT2D eigenvalue weighted by atomic mass is 10.0. The molecule has 1 N–H and O–H groups in total. The molecule has 1 saturated heterocycles. The molecule has 1 aromatic carbocycles. The lowest BCUT2D eigenvalue weighted by molar-refractivity contribution is -0.142. The monoisotopic (exact) mass is 458 g/mol. The van der Waals surface area contributed by atoms with Crippen LogP contribution in [0.5, 0.6) is 0 Å². The highest BCUT2D eigenvalue weighted by atomic mass is 16.6. The fourth-order valence-electron chi connectivity index (χ4n) is 4.54. The molecule has 182 valence electrons. The highest BCUT2D eigenvalue weighted by Gasteiger charge is 2.48. The fraction of sp³-hybridized carbons (Fsp3) is 0.615. The predicted octanol–water partition coefficient (Wildman–Crippen LogP) is 4.28. The normalized spacial score (nSPS) is 22.1. The number of carbonyl (C=O) groups excluding carboxylic acids is 1. The largest absolute Gasteiger partial charge is 0.480 e. The Hall–Kier alpha value is -2.38. The summed E-state index contributed by atoms with van der Waals surface area (Å²) in [5.41, 5.74) is 1.95. The van der Waals surface area contributed by atoms with Crippen LogP contribution < -0.4 is 0 Å². The highest BCUT2D eigenvalue weighted by Crippen LogP contribution is 2.44. The Morgan fingerprint density at radius 1 is 1.18 bits per heavy atom. The van der Waals surface area contributed by atoms with Crippen LogP contribution in [-0.2, 0) is 14.3 Å². The Morgan fingerprint density at radius 2 is 1.85 bits per heavy atom. The van der Waals surface area contributed by atoms with E-state index < -0.39 is 11.6 Å². The van der Waals surface area contributed by atoms with Crippen molar-refractivity contribution in [1.29, 1.82) is 0 Å².